The SMILES string of the molecule is C=CC(=O)OCC(O)CCCCOc1ccc2cc(-c3ccc(CCCCC)cc3)oc2c1. The highest BCUT2D eigenvalue weighted by atomic mass is 16.5. The van der Waals surface area contributed by atoms with Crippen LogP contribution in [0.4, 0.5) is 0 Å². The summed E-state index contributed by atoms with van der Waals surface area (Å²) in [6, 6.07) is 16.6. The molecule has 1 N–H and O–H groups in total. The van der Waals surface area contributed by atoms with Crippen molar-refractivity contribution in [3.8, 4) is 17.1 Å². The van der Waals surface area contributed by atoms with Crippen LogP contribution in [-0.2, 0) is 16.0 Å². The van der Waals surface area contributed by atoms with Gasteiger partial charge in [0.15, 0.2) is 0 Å². The third-order valence-electron chi connectivity index (χ3n) is 5.58. The zero-order chi connectivity index (χ0) is 23.5. The van der Waals surface area contributed by atoms with Gasteiger partial charge in [-0.05, 0) is 55.9 Å². The van der Waals surface area contributed by atoms with E-state index >= 15 is 0 Å². The van der Waals surface area contributed by atoms with Gasteiger partial charge in [-0.3, -0.25) is 0 Å². The number of fused-ring (bicyclic) bond motifs is 1. The molecule has 0 fully saturated rings. The fourth-order valence-corrected chi connectivity index (χ4v) is 3.65. The maximum atomic E-state index is 11.0. The van der Waals surface area contributed by atoms with Gasteiger partial charge < -0.3 is 19.0 Å². The molecule has 0 radical (unpaired) electrons. The number of esters is 1. The van der Waals surface area contributed by atoms with E-state index in [2.05, 4.69) is 43.8 Å². The van der Waals surface area contributed by atoms with Crippen LogP contribution in [-0.4, -0.2) is 30.4 Å². The minimum atomic E-state index is -0.669. The van der Waals surface area contributed by atoms with Crippen molar-refractivity contribution in [3.63, 3.8) is 0 Å². The van der Waals surface area contributed by atoms with E-state index in [9.17, 15) is 9.90 Å². The average Bonchev–Trinajstić information content (AvgIpc) is 3.26. The van der Waals surface area contributed by atoms with Crippen molar-refractivity contribution in [2.24, 2.45) is 0 Å². The fourth-order valence-electron chi connectivity index (χ4n) is 3.65. The van der Waals surface area contributed by atoms with E-state index in [1.54, 1.807) is 0 Å². The molecule has 1 heterocycles. The number of unbranched alkanes of at least 4 members (excludes halogenated alkanes) is 3. The van der Waals surface area contributed by atoms with Crippen molar-refractivity contribution in [1.82, 2.24) is 0 Å². The lowest BCUT2D eigenvalue weighted by Crippen LogP contribution is -2.17. The number of furan rings is 1. The zero-order valence-electron chi connectivity index (χ0n) is 19.4. The largest absolute Gasteiger partial charge is 0.493 e. The van der Waals surface area contributed by atoms with E-state index in [0.29, 0.717) is 13.0 Å². The van der Waals surface area contributed by atoms with Crippen molar-refractivity contribution in [2.45, 2.75) is 58.0 Å². The number of aryl methyl sites for hydroxylation is 1. The molecule has 3 aromatic rings. The topological polar surface area (TPSA) is 68.9 Å². The Hall–Kier alpha value is -3.05. The van der Waals surface area contributed by atoms with Gasteiger partial charge in [0.1, 0.15) is 23.7 Å². The summed E-state index contributed by atoms with van der Waals surface area (Å²) in [5, 5.41) is 10.9. The lowest BCUT2D eigenvalue weighted by Gasteiger charge is -2.10. The Morgan fingerprint density at radius 3 is 2.67 bits per heavy atom. The molecule has 0 saturated carbocycles. The number of aliphatic hydroxyl groups excluding tert-OH is 1. The number of aliphatic hydroxyl groups is 1. The van der Waals surface area contributed by atoms with Gasteiger partial charge in [-0.1, -0.05) is 50.6 Å². The highest BCUT2D eigenvalue weighted by Gasteiger charge is 2.09. The predicted molar refractivity (Wildman–Crippen MR) is 131 cm³/mol. The summed E-state index contributed by atoms with van der Waals surface area (Å²) in [7, 11) is 0. The van der Waals surface area contributed by atoms with Crippen LogP contribution < -0.4 is 4.74 Å². The van der Waals surface area contributed by atoms with Gasteiger partial charge in [-0.25, -0.2) is 4.79 Å². The van der Waals surface area contributed by atoms with Crippen molar-refractivity contribution in [2.75, 3.05) is 13.2 Å². The standard InChI is InChI=1S/C28H34O5/c1-3-5-6-9-21-11-13-22(14-12-21)26-18-23-15-16-25(19-27(23)33-26)31-17-8-7-10-24(29)20-32-28(30)4-2/h4,11-16,18-19,24,29H,2-3,5-10,17,20H2,1H3. The monoisotopic (exact) mass is 450 g/mol. The molecule has 5 nitrogen and oxygen atoms in total. The molecule has 0 spiro atoms. The molecule has 176 valence electrons. The van der Waals surface area contributed by atoms with Crippen LogP contribution in [0.15, 0.2) is 65.6 Å². The number of carbonyl (C=O) groups excluding carboxylic acids is 1. The maximum Gasteiger partial charge on any atom is 0.330 e. The number of hydrogen-bond acceptors (Lipinski definition) is 5. The molecule has 1 unspecified atom stereocenters. The number of rotatable bonds is 14. The number of hydrogen-bond donors (Lipinski definition) is 1. The first kappa shape index (κ1) is 24.6. The molecule has 0 amide bonds. The van der Waals surface area contributed by atoms with Crippen LogP contribution in [0, 0.1) is 0 Å². The smallest absolute Gasteiger partial charge is 0.330 e. The first-order chi connectivity index (χ1) is 16.1. The minimum absolute atomic E-state index is 0.00914. The van der Waals surface area contributed by atoms with Crippen molar-refractivity contribution < 1.29 is 23.8 Å². The lowest BCUT2D eigenvalue weighted by atomic mass is 10.0. The summed E-state index contributed by atoms with van der Waals surface area (Å²) < 4.78 is 16.8. The average molecular weight is 451 g/mol. The zero-order valence-corrected chi connectivity index (χ0v) is 19.4. The van der Waals surface area contributed by atoms with E-state index in [1.807, 2.05) is 18.2 Å². The van der Waals surface area contributed by atoms with Gasteiger partial charge in [0.2, 0.25) is 0 Å². The van der Waals surface area contributed by atoms with Gasteiger partial charge in [0.25, 0.3) is 0 Å². The first-order valence-corrected chi connectivity index (χ1v) is 11.8. The second kappa shape index (κ2) is 12.9. The normalized spacial score (nSPS) is 11.9. The Labute approximate surface area is 196 Å². The Bertz CT molecular complexity index is 1020. The Kier molecular flexibility index (Phi) is 9.58. The lowest BCUT2D eigenvalue weighted by molar-refractivity contribution is -0.140. The highest BCUT2D eigenvalue weighted by molar-refractivity contribution is 5.84. The summed E-state index contributed by atoms with van der Waals surface area (Å²) in [4.78, 5) is 11.0. The van der Waals surface area contributed by atoms with E-state index in [4.69, 9.17) is 13.9 Å². The molecule has 0 aliphatic rings. The highest BCUT2D eigenvalue weighted by Crippen LogP contribution is 2.30. The quantitative estimate of drug-likeness (QED) is 0.173. The van der Waals surface area contributed by atoms with Gasteiger partial charge in [-0.2, -0.15) is 0 Å². The van der Waals surface area contributed by atoms with Crippen LogP contribution in [0.5, 0.6) is 5.75 Å². The maximum absolute atomic E-state index is 11.0. The fraction of sp³-hybridized carbons (Fsp3) is 0.393. The molecule has 2 aromatic carbocycles. The van der Waals surface area contributed by atoms with Gasteiger partial charge >= 0.3 is 5.97 Å². The molecule has 1 aromatic heterocycles. The summed E-state index contributed by atoms with van der Waals surface area (Å²) in [6.45, 7) is 6.08. The Morgan fingerprint density at radius 2 is 1.91 bits per heavy atom. The molecule has 0 bridgehead atoms. The van der Waals surface area contributed by atoms with E-state index in [0.717, 1.165) is 53.4 Å². The van der Waals surface area contributed by atoms with Gasteiger partial charge in [0.05, 0.1) is 12.7 Å². The van der Waals surface area contributed by atoms with Crippen molar-refractivity contribution in [1.29, 1.82) is 0 Å². The second-order valence-corrected chi connectivity index (χ2v) is 8.30. The summed E-state index contributed by atoms with van der Waals surface area (Å²) in [6.07, 6.45) is 7.39. The van der Waals surface area contributed by atoms with Gasteiger partial charge in [-0.15, -0.1) is 0 Å². The van der Waals surface area contributed by atoms with Crippen LogP contribution in [0.1, 0.15) is 51.0 Å². The molecule has 0 aliphatic carbocycles. The van der Waals surface area contributed by atoms with Crippen molar-refractivity contribution >= 4 is 16.9 Å². The number of carbonyl (C=O) groups is 1. The van der Waals surface area contributed by atoms with E-state index in [-0.39, 0.29) is 6.61 Å². The van der Waals surface area contributed by atoms with Crippen molar-refractivity contribution in [3.05, 3.63) is 66.7 Å². The third kappa shape index (κ3) is 7.79. The molecular weight excluding hydrogens is 416 g/mol. The van der Waals surface area contributed by atoms with Crippen LogP contribution in [0.3, 0.4) is 0 Å². The summed E-state index contributed by atoms with van der Waals surface area (Å²) in [5.41, 5.74) is 3.24. The Morgan fingerprint density at radius 1 is 1.09 bits per heavy atom. The number of benzene rings is 2. The third-order valence-corrected chi connectivity index (χ3v) is 5.58. The molecule has 0 aliphatic heterocycles. The van der Waals surface area contributed by atoms with Crippen LogP contribution in [0.2, 0.25) is 0 Å². The van der Waals surface area contributed by atoms with E-state index in [1.165, 1.54) is 24.8 Å². The van der Waals surface area contributed by atoms with Crippen LogP contribution >= 0.6 is 0 Å². The molecule has 5 heteroatoms. The summed E-state index contributed by atoms with van der Waals surface area (Å²) in [5.74, 6) is 1.09. The second-order valence-electron chi connectivity index (χ2n) is 8.30. The van der Waals surface area contributed by atoms with Crippen LogP contribution in [0.25, 0.3) is 22.3 Å². The first-order valence-electron chi connectivity index (χ1n) is 11.8. The summed E-state index contributed by atoms with van der Waals surface area (Å²) >= 11 is 0. The van der Waals surface area contributed by atoms with E-state index < -0.39 is 12.1 Å². The number of ether oxygens (including phenoxy) is 2. The molecular formula is C28H34O5. The van der Waals surface area contributed by atoms with Gasteiger partial charge in [0, 0.05) is 23.1 Å². The molecule has 1 atom stereocenters. The predicted octanol–water partition coefficient (Wildman–Crippen LogP) is 6.47. The molecule has 0 saturated heterocycles. The molecule has 33 heavy (non-hydrogen) atoms. The minimum Gasteiger partial charge on any atom is -0.493 e. The Balaban J connectivity index is 1.46. The molecule has 3 rings (SSSR count).